The van der Waals surface area contributed by atoms with E-state index in [0.717, 1.165) is 77.0 Å². The van der Waals surface area contributed by atoms with Crippen LogP contribution in [-0.4, -0.2) is 193 Å². The molecule has 0 spiro atoms. The van der Waals surface area contributed by atoms with Crippen LogP contribution in [0.4, 0.5) is 0 Å². The Hall–Kier alpha value is -2.25. The van der Waals surface area contributed by atoms with E-state index in [9.17, 15) is 61.0 Å². The Morgan fingerprint density at radius 3 is 1.48 bits per heavy atom. The van der Waals surface area contributed by atoms with Crippen molar-refractivity contribution < 1.29 is 89.4 Å². The Bertz CT molecular complexity index is 1500. The van der Waals surface area contributed by atoms with Gasteiger partial charge in [0.05, 0.1) is 38.6 Å². The number of carbonyl (C=O) groups is 1. The largest absolute Gasteiger partial charge is 0.394 e. The van der Waals surface area contributed by atoms with Crippen molar-refractivity contribution in [2.24, 2.45) is 0 Å². The molecule has 3 heterocycles. The van der Waals surface area contributed by atoms with Crippen LogP contribution in [0.5, 0.6) is 0 Å². The fraction of sp³-hybridized carbons (Fsp3) is 0.827. The number of carbonyl (C=O) groups excluding carboxylic acids is 1. The Morgan fingerprint density at radius 2 is 0.930 bits per heavy atom. The molecule has 0 saturated carbocycles. The fourth-order valence-corrected chi connectivity index (χ4v) is 8.66. The highest BCUT2D eigenvalue weighted by Gasteiger charge is 2.53. The van der Waals surface area contributed by atoms with E-state index in [1.54, 1.807) is 6.08 Å². The molecule has 3 aliphatic rings. The van der Waals surface area contributed by atoms with Crippen LogP contribution < -0.4 is 5.32 Å². The third-order valence-corrected chi connectivity index (χ3v) is 13.1. The van der Waals surface area contributed by atoms with Crippen LogP contribution in [0.1, 0.15) is 142 Å². The van der Waals surface area contributed by atoms with Crippen molar-refractivity contribution in [3.05, 3.63) is 48.6 Å². The van der Waals surface area contributed by atoms with Gasteiger partial charge in [-0.2, -0.15) is 0 Å². The van der Waals surface area contributed by atoms with Crippen LogP contribution in [-0.2, 0) is 33.2 Å². The summed E-state index contributed by atoms with van der Waals surface area (Å²) < 4.78 is 34.0. The maximum atomic E-state index is 13.1. The molecule has 0 bridgehead atoms. The van der Waals surface area contributed by atoms with Gasteiger partial charge >= 0.3 is 0 Å². The minimum Gasteiger partial charge on any atom is -0.394 e. The topological polar surface area (TPSA) is 307 Å². The van der Waals surface area contributed by atoms with Gasteiger partial charge in [-0.25, -0.2) is 0 Å². The highest BCUT2D eigenvalue weighted by atomic mass is 16.8. The van der Waals surface area contributed by atoms with Gasteiger partial charge in [-0.15, -0.1) is 0 Å². The predicted octanol–water partition coefficient (Wildman–Crippen LogP) is 2.36. The molecule has 3 saturated heterocycles. The van der Waals surface area contributed by atoms with Crippen LogP contribution in [0.2, 0.25) is 0 Å². The molecule has 3 fully saturated rings. The first-order valence-corrected chi connectivity index (χ1v) is 26.4. The van der Waals surface area contributed by atoms with E-state index in [2.05, 4.69) is 55.6 Å². The number of hydrogen-bond donors (Lipinski definition) is 12. The van der Waals surface area contributed by atoms with Crippen molar-refractivity contribution in [2.45, 2.75) is 247 Å². The summed E-state index contributed by atoms with van der Waals surface area (Å²) >= 11 is 0. The highest BCUT2D eigenvalue weighted by Crippen LogP contribution is 2.33. The van der Waals surface area contributed by atoms with Gasteiger partial charge in [-0.1, -0.05) is 127 Å². The standard InChI is InChI=1S/C52H91NO18/c1-3-5-7-9-10-11-12-13-14-15-16-17-18-19-20-21-22-23-24-26-28-30-40(58)53-35(36(57)29-27-25-8-6-4-2)34-66-50-46(64)43(61)48(38(32-55)68-50)71-52-47(65)44(62)49(39(33-56)69-52)70-51-45(63)42(60)41(59)37(31-54)67-51/h12-13,15-16,18-19,27,29,35-39,41-52,54-57,59-65H,3-11,14,17,20-26,28,30-34H2,1-2H3,(H,53,58)/b13-12-,16-15-,19-18-,29-27+. The van der Waals surface area contributed by atoms with E-state index in [1.165, 1.54) is 38.5 Å². The normalized spacial score (nSPS) is 32.7. The van der Waals surface area contributed by atoms with E-state index >= 15 is 0 Å². The molecule has 19 heteroatoms. The molecule has 1 amide bonds. The average Bonchev–Trinajstić information content (AvgIpc) is 3.36. The van der Waals surface area contributed by atoms with Gasteiger partial charge in [0, 0.05) is 6.42 Å². The van der Waals surface area contributed by atoms with E-state index < -0.39 is 124 Å². The summed E-state index contributed by atoms with van der Waals surface area (Å²) in [6.45, 7) is 1.53. The summed E-state index contributed by atoms with van der Waals surface area (Å²) in [6, 6.07) is -0.976. The van der Waals surface area contributed by atoms with Crippen LogP contribution in [0, 0.1) is 0 Å². The molecular weight excluding hydrogens is 927 g/mol. The lowest BCUT2D eigenvalue weighted by atomic mass is 9.96. The number of allylic oxidation sites excluding steroid dienone is 7. The number of amides is 1. The van der Waals surface area contributed by atoms with Crippen LogP contribution >= 0.6 is 0 Å². The van der Waals surface area contributed by atoms with Crippen molar-refractivity contribution in [1.29, 1.82) is 0 Å². The zero-order valence-electron chi connectivity index (χ0n) is 42.2. The van der Waals surface area contributed by atoms with Crippen molar-refractivity contribution in [3.8, 4) is 0 Å². The molecule has 0 aliphatic carbocycles. The molecule has 12 N–H and O–H groups in total. The third-order valence-electron chi connectivity index (χ3n) is 13.1. The summed E-state index contributed by atoms with van der Waals surface area (Å²) in [6.07, 6.45) is 10.4. The van der Waals surface area contributed by atoms with Gasteiger partial charge < -0.3 is 89.9 Å². The number of ether oxygens (including phenoxy) is 6. The summed E-state index contributed by atoms with van der Waals surface area (Å²) in [5.41, 5.74) is 0. The van der Waals surface area contributed by atoms with Gasteiger partial charge in [-0.05, 0) is 57.8 Å². The lowest BCUT2D eigenvalue weighted by molar-refractivity contribution is -0.379. The molecule has 412 valence electrons. The zero-order valence-corrected chi connectivity index (χ0v) is 42.2. The van der Waals surface area contributed by atoms with Crippen LogP contribution in [0.3, 0.4) is 0 Å². The van der Waals surface area contributed by atoms with Gasteiger partial charge in [0.2, 0.25) is 5.91 Å². The van der Waals surface area contributed by atoms with Crippen molar-refractivity contribution in [2.75, 3.05) is 26.4 Å². The number of nitrogens with one attached hydrogen (secondary N) is 1. The smallest absolute Gasteiger partial charge is 0.220 e. The molecule has 0 aromatic rings. The molecule has 17 atom stereocenters. The molecule has 17 unspecified atom stereocenters. The first-order chi connectivity index (χ1) is 34.3. The number of rotatable bonds is 36. The van der Waals surface area contributed by atoms with E-state index in [4.69, 9.17) is 28.4 Å². The van der Waals surface area contributed by atoms with Crippen LogP contribution in [0.15, 0.2) is 48.6 Å². The van der Waals surface area contributed by atoms with Gasteiger partial charge in [-0.3, -0.25) is 4.79 Å². The summed E-state index contributed by atoms with van der Waals surface area (Å²) in [4.78, 5) is 13.1. The lowest BCUT2D eigenvalue weighted by Crippen LogP contribution is -2.66. The molecule has 19 nitrogen and oxygen atoms in total. The maximum absolute atomic E-state index is 13.1. The molecule has 0 aromatic heterocycles. The SMILES string of the molecule is CCCCC/C=C/C(O)C(COC1OC(CO)C(OC2OC(CO)C(OC3OC(CO)C(O)C(O)C3O)C(O)C2O)C(O)C1O)NC(=O)CCCCCCCC/C=C\C/C=C\C/C=C\CCCCCCC. The number of unbranched alkanes of at least 4 members (excludes halogenated alkanes) is 14. The van der Waals surface area contributed by atoms with Gasteiger partial charge in [0.1, 0.15) is 73.2 Å². The molecule has 0 radical (unpaired) electrons. The maximum Gasteiger partial charge on any atom is 0.220 e. The summed E-state index contributed by atoms with van der Waals surface area (Å²) in [5, 5.41) is 119. The average molecular weight is 1020 g/mol. The number of aliphatic hydroxyl groups excluding tert-OH is 11. The Morgan fingerprint density at radius 1 is 0.507 bits per heavy atom. The third kappa shape index (κ3) is 22.2. The second kappa shape index (κ2) is 36.7. The van der Waals surface area contributed by atoms with Gasteiger partial charge in [0.25, 0.3) is 0 Å². The molecule has 3 rings (SSSR count). The van der Waals surface area contributed by atoms with Crippen molar-refractivity contribution in [3.63, 3.8) is 0 Å². The van der Waals surface area contributed by atoms with E-state index in [0.29, 0.717) is 6.42 Å². The lowest BCUT2D eigenvalue weighted by Gasteiger charge is -2.48. The molecular formula is C52H91NO18. The predicted molar refractivity (Wildman–Crippen MR) is 263 cm³/mol. The monoisotopic (exact) mass is 1020 g/mol. The van der Waals surface area contributed by atoms with Gasteiger partial charge in [0.15, 0.2) is 18.9 Å². The Labute approximate surface area is 421 Å². The first-order valence-electron chi connectivity index (χ1n) is 26.4. The van der Waals surface area contributed by atoms with Crippen molar-refractivity contribution in [1.82, 2.24) is 5.32 Å². The second-order valence-electron chi connectivity index (χ2n) is 19.0. The second-order valence-corrected chi connectivity index (χ2v) is 19.0. The number of aliphatic hydroxyl groups is 11. The number of hydrogen-bond acceptors (Lipinski definition) is 18. The zero-order chi connectivity index (χ0) is 52.0. The van der Waals surface area contributed by atoms with E-state index in [-0.39, 0.29) is 18.9 Å². The molecule has 0 aromatic carbocycles. The fourth-order valence-electron chi connectivity index (χ4n) is 8.66. The highest BCUT2D eigenvalue weighted by molar-refractivity contribution is 5.76. The Kier molecular flexibility index (Phi) is 32.5. The first kappa shape index (κ1) is 63.0. The van der Waals surface area contributed by atoms with Crippen LogP contribution in [0.25, 0.3) is 0 Å². The van der Waals surface area contributed by atoms with Crippen molar-refractivity contribution >= 4 is 5.91 Å². The Balaban J connectivity index is 1.46. The quantitative estimate of drug-likeness (QED) is 0.0317. The molecule has 3 aliphatic heterocycles. The van der Waals surface area contributed by atoms with E-state index in [1.807, 2.05) is 6.08 Å². The minimum atomic E-state index is -1.98. The summed E-state index contributed by atoms with van der Waals surface area (Å²) in [5.74, 6) is -0.299. The summed E-state index contributed by atoms with van der Waals surface area (Å²) in [7, 11) is 0. The molecule has 71 heavy (non-hydrogen) atoms. The minimum absolute atomic E-state index is 0.225.